The molecule has 0 aliphatic carbocycles. The molecule has 13 heteroatoms. The zero-order chi connectivity index (χ0) is 22.9. The van der Waals surface area contributed by atoms with Crippen molar-refractivity contribution in [1.82, 2.24) is 19.5 Å². The fourth-order valence-corrected chi connectivity index (χ4v) is 4.42. The number of alkyl halides is 1. The summed E-state index contributed by atoms with van der Waals surface area (Å²) in [4.78, 5) is 11.3. The Hall–Kier alpha value is -2.43. The third-order valence-electron chi connectivity index (χ3n) is 4.97. The highest BCUT2D eigenvalue weighted by Crippen LogP contribution is 2.45. The number of hydrogen-bond acceptors (Lipinski definition) is 10. The van der Waals surface area contributed by atoms with E-state index in [0.29, 0.717) is 23.5 Å². The number of benzene rings is 1. The van der Waals surface area contributed by atoms with Gasteiger partial charge in [-0.1, -0.05) is 18.2 Å². The summed E-state index contributed by atoms with van der Waals surface area (Å²) in [6.07, 6.45) is -1.44. The molecule has 1 unspecified atom stereocenters. The maximum absolute atomic E-state index is 12.2. The zero-order valence-corrected chi connectivity index (χ0v) is 19.1. The predicted octanol–water partition coefficient (Wildman–Crippen LogP) is 2.55. The van der Waals surface area contributed by atoms with E-state index in [1.165, 1.54) is 6.33 Å². The van der Waals surface area contributed by atoms with Crippen molar-refractivity contribution in [2.45, 2.75) is 37.2 Å². The lowest BCUT2D eigenvalue weighted by Crippen LogP contribution is -2.39. The monoisotopic (exact) mass is 483 g/mol. The highest BCUT2D eigenvalue weighted by molar-refractivity contribution is 7.33. The van der Waals surface area contributed by atoms with Gasteiger partial charge in [0.05, 0.1) is 19.5 Å². The average molecular weight is 484 g/mol. The van der Waals surface area contributed by atoms with E-state index in [1.54, 1.807) is 35.8 Å². The molecule has 5 atom stereocenters. The number of halogens is 1. The summed E-state index contributed by atoms with van der Waals surface area (Å²) in [5.74, 6) is 0.644. The number of para-hydroxylation sites is 1. The van der Waals surface area contributed by atoms with Crippen LogP contribution in [-0.4, -0.2) is 54.9 Å². The topological polar surface area (TPSA) is 144 Å². The minimum atomic E-state index is -2.87. The number of nitrogens with two attached hydrogens (primary N) is 1. The van der Waals surface area contributed by atoms with Gasteiger partial charge in [-0.2, -0.15) is 9.97 Å². The number of aliphatic hydroxyl groups excluding tert-OH is 1. The van der Waals surface area contributed by atoms with Crippen LogP contribution in [-0.2, 0) is 13.8 Å². The van der Waals surface area contributed by atoms with E-state index in [2.05, 4.69) is 15.0 Å². The Morgan fingerprint density at radius 3 is 2.81 bits per heavy atom. The summed E-state index contributed by atoms with van der Waals surface area (Å²) in [5.41, 5.74) is 6.54. The van der Waals surface area contributed by atoms with Crippen molar-refractivity contribution in [3.05, 3.63) is 36.7 Å². The Bertz CT molecular complexity index is 1110. The van der Waals surface area contributed by atoms with Crippen LogP contribution in [0.3, 0.4) is 0 Å². The molecule has 0 amide bonds. The third-order valence-corrected chi connectivity index (χ3v) is 6.18. The molecule has 1 aromatic carbocycles. The van der Waals surface area contributed by atoms with Crippen molar-refractivity contribution in [2.75, 3.05) is 18.9 Å². The van der Waals surface area contributed by atoms with Crippen LogP contribution < -0.4 is 15.0 Å². The van der Waals surface area contributed by atoms with Crippen molar-refractivity contribution < 1.29 is 28.2 Å². The zero-order valence-electron chi connectivity index (χ0n) is 17.3. The molecule has 172 valence electrons. The number of imidazole rings is 1. The van der Waals surface area contributed by atoms with Gasteiger partial charge in [0.25, 0.3) is 0 Å². The van der Waals surface area contributed by atoms with Crippen LogP contribution in [0.2, 0.25) is 0 Å². The SMILES string of the molecule is CCOc1nc(N)nc2c1ncn2[C@@H]1O[C@H](CO[PH](=O)Oc2ccccc2)[C@@H](O)[C@@]1(C)Cl. The van der Waals surface area contributed by atoms with E-state index in [9.17, 15) is 9.67 Å². The molecule has 0 bridgehead atoms. The highest BCUT2D eigenvalue weighted by Gasteiger charge is 2.53. The van der Waals surface area contributed by atoms with Crippen LogP contribution in [0.4, 0.5) is 5.95 Å². The molecule has 32 heavy (non-hydrogen) atoms. The van der Waals surface area contributed by atoms with Gasteiger partial charge >= 0.3 is 8.25 Å². The van der Waals surface area contributed by atoms with E-state index < -0.39 is 31.6 Å². The first-order chi connectivity index (χ1) is 15.3. The summed E-state index contributed by atoms with van der Waals surface area (Å²) in [5, 5.41) is 10.8. The number of aliphatic hydroxyl groups is 1. The minimum Gasteiger partial charge on any atom is -0.476 e. The molecule has 0 saturated carbocycles. The number of nitrogens with zero attached hydrogens (tertiary/aromatic N) is 4. The molecule has 4 rings (SSSR count). The van der Waals surface area contributed by atoms with Gasteiger partial charge in [0.1, 0.15) is 22.8 Å². The second-order valence-electron chi connectivity index (χ2n) is 7.24. The average Bonchev–Trinajstić information content (AvgIpc) is 3.26. The van der Waals surface area contributed by atoms with Crippen LogP contribution in [0.1, 0.15) is 20.1 Å². The van der Waals surface area contributed by atoms with Crippen LogP contribution in [0.25, 0.3) is 11.2 Å². The molecule has 2 aromatic heterocycles. The minimum absolute atomic E-state index is 0.00550. The fourth-order valence-electron chi connectivity index (χ4n) is 3.43. The van der Waals surface area contributed by atoms with Gasteiger partial charge in [0.2, 0.25) is 11.8 Å². The standard InChI is InChI=1S/C19H23ClN5O6P/c1-3-28-16-13-15(23-18(21)24-16)25(10-22-13)17-19(2,20)14(26)12(30-17)9-29-32(27)31-11-7-5-4-6-8-11/h4-8,10,12,14,17,26,32H,3,9H2,1-2H3,(H2,21,23,24)/t12-,14-,17-,19-/m1/s1. The molecular weight excluding hydrogens is 461 g/mol. The van der Waals surface area contributed by atoms with E-state index >= 15 is 0 Å². The number of ether oxygens (including phenoxy) is 2. The third kappa shape index (κ3) is 4.39. The lowest BCUT2D eigenvalue weighted by atomic mass is 10.0. The Morgan fingerprint density at radius 1 is 1.34 bits per heavy atom. The summed E-state index contributed by atoms with van der Waals surface area (Å²) >= 11 is 6.67. The van der Waals surface area contributed by atoms with Gasteiger partial charge in [-0.25, -0.2) is 9.55 Å². The Labute approximate surface area is 189 Å². The summed E-state index contributed by atoms with van der Waals surface area (Å²) in [6.45, 7) is 3.60. The van der Waals surface area contributed by atoms with E-state index in [4.69, 9.17) is 35.9 Å². The fraction of sp³-hybridized carbons (Fsp3) is 0.421. The molecule has 0 radical (unpaired) electrons. The van der Waals surface area contributed by atoms with E-state index in [1.807, 2.05) is 13.0 Å². The van der Waals surface area contributed by atoms with Gasteiger partial charge in [-0.05, 0) is 26.0 Å². The first-order valence-corrected chi connectivity index (χ1v) is 11.5. The van der Waals surface area contributed by atoms with Crippen LogP contribution >= 0.6 is 19.9 Å². The summed E-state index contributed by atoms with van der Waals surface area (Å²) in [7, 11) is -2.87. The second-order valence-corrected chi connectivity index (χ2v) is 9.05. The van der Waals surface area contributed by atoms with Crippen molar-refractivity contribution in [2.24, 2.45) is 0 Å². The number of fused-ring (bicyclic) bond motifs is 1. The first-order valence-electron chi connectivity index (χ1n) is 9.86. The van der Waals surface area contributed by atoms with Crippen molar-refractivity contribution in [3.8, 4) is 11.6 Å². The molecule has 3 aromatic rings. The number of hydrogen-bond donors (Lipinski definition) is 2. The molecule has 1 fully saturated rings. The van der Waals surface area contributed by atoms with Crippen LogP contribution in [0.15, 0.2) is 36.7 Å². The second kappa shape index (κ2) is 9.21. The van der Waals surface area contributed by atoms with Gasteiger partial charge < -0.3 is 24.8 Å². The number of nitrogen functional groups attached to an aromatic ring is 1. The molecule has 1 aliphatic heterocycles. The largest absolute Gasteiger partial charge is 0.476 e. The van der Waals surface area contributed by atoms with Gasteiger partial charge in [0.15, 0.2) is 17.4 Å². The normalized spacial score (nSPS) is 26.3. The van der Waals surface area contributed by atoms with Gasteiger partial charge in [-0.15, -0.1) is 11.6 Å². The maximum atomic E-state index is 12.2. The van der Waals surface area contributed by atoms with Crippen LogP contribution in [0.5, 0.6) is 11.6 Å². The van der Waals surface area contributed by atoms with Crippen molar-refractivity contribution in [3.63, 3.8) is 0 Å². The number of aromatic nitrogens is 4. The molecule has 3 heterocycles. The van der Waals surface area contributed by atoms with Gasteiger partial charge in [0, 0.05) is 0 Å². The molecule has 1 aliphatic rings. The highest BCUT2D eigenvalue weighted by atomic mass is 35.5. The van der Waals surface area contributed by atoms with E-state index in [0.717, 1.165) is 0 Å². The first kappa shape index (κ1) is 22.8. The van der Waals surface area contributed by atoms with Gasteiger partial charge in [-0.3, -0.25) is 9.09 Å². The molecule has 3 N–H and O–H groups in total. The van der Waals surface area contributed by atoms with Crippen LogP contribution in [0, 0.1) is 0 Å². The lowest BCUT2D eigenvalue weighted by Gasteiger charge is -2.26. The number of rotatable bonds is 8. The smallest absolute Gasteiger partial charge is 0.367 e. The van der Waals surface area contributed by atoms with E-state index in [-0.39, 0.29) is 18.4 Å². The predicted molar refractivity (Wildman–Crippen MR) is 117 cm³/mol. The molecule has 0 spiro atoms. The number of anilines is 1. The van der Waals surface area contributed by atoms with Crippen molar-refractivity contribution in [1.29, 1.82) is 0 Å². The molecular formula is C19H23ClN5O6P. The Kier molecular flexibility index (Phi) is 6.55. The quantitative estimate of drug-likeness (QED) is 0.362. The molecule has 1 saturated heterocycles. The lowest BCUT2D eigenvalue weighted by molar-refractivity contribution is -0.0392. The molecule has 11 nitrogen and oxygen atoms in total. The maximum Gasteiger partial charge on any atom is 0.367 e. The summed E-state index contributed by atoms with van der Waals surface area (Å²) in [6, 6.07) is 8.63. The Balaban J connectivity index is 1.52. The van der Waals surface area contributed by atoms with Crippen molar-refractivity contribution >= 4 is 37.0 Å². The Morgan fingerprint density at radius 2 is 2.09 bits per heavy atom. The summed E-state index contributed by atoms with van der Waals surface area (Å²) < 4.78 is 35.8.